The van der Waals surface area contributed by atoms with Crippen molar-refractivity contribution in [1.82, 2.24) is 10.2 Å². The first-order valence-electron chi connectivity index (χ1n) is 5.28. The first kappa shape index (κ1) is 14.3. The highest BCUT2D eigenvalue weighted by Gasteiger charge is 2.21. The number of halogens is 1. The van der Waals surface area contributed by atoms with Gasteiger partial charge in [0.15, 0.2) is 5.82 Å². The number of hydrogen-bond acceptors (Lipinski definition) is 5. The Kier molecular flexibility index (Phi) is 3.64. The fraction of sp³-hybridized carbons (Fsp3) is 0.100. The predicted octanol–water partition coefficient (Wildman–Crippen LogP) is 2.08. The van der Waals surface area contributed by atoms with Crippen LogP contribution in [-0.2, 0) is 10.0 Å². The van der Waals surface area contributed by atoms with Gasteiger partial charge in [-0.3, -0.25) is 19.9 Å². The van der Waals surface area contributed by atoms with Gasteiger partial charge in [0.25, 0.3) is 15.7 Å². The molecule has 2 N–H and O–H groups in total. The number of nitrogens with zero attached hydrogens (tertiary/aromatic N) is 2. The number of aryl methyl sites for hydroxylation is 1. The van der Waals surface area contributed by atoms with Gasteiger partial charge in [0, 0.05) is 23.9 Å². The van der Waals surface area contributed by atoms with Gasteiger partial charge >= 0.3 is 0 Å². The molecule has 0 fully saturated rings. The smallest absolute Gasteiger partial charge is 0.271 e. The summed E-state index contributed by atoms with van der Waals surface area (Å²) in [4.78, 5) is 9.66. The summed E-state index contributed by atoms with van der Waals surface area (Å²) in [5.74, 6) is 0.108. The van der Waals surface area contributed by atoms with Crippen molar-refractivity contribution in [3.63, 3.8) is 0 Å². The molecule has 0 aliphatic heterocycles. The van der Waals surface area contributed by atoms with Crippen LogP contribution in [-0.4, -0.2) is 23.5 Å². The molecule has 0 saturated heterocycles. The standard InChI is InChI=1S/C10H9ClN4O4S/c1-6-4-10(13-12-6)14-20(18,19)9-3-2-7(15(16)17)5-8(9)11/h2-5H,1H3,(H2,12,13,14). The van der Waals surface area contributed by atoms with Crippen LogP contribution in [0.5, 0.6) is 0 Å². The number of nitro groups is 1. The van der Waals surface area contributed by atoms with E-state index in [-0.39, 0.29) is 21.4 Å². The molecule has 0 aliphatic rings. The maximum atomic E-state index is 12.1. The number of aromatic amines is 1. The van der Waals surface area contributed by atoms with E-state index >= 15 is 0 Å². The molecule has 2 rings (SSSR count). The lowest BCUT2D eigenvalue weighted by atomic mass is 10.3. The monoisotopic (exact) mass is 316 g/mol. The predicted molar refractivity (Wildman–Crippen MR) is 72.2 cm³/mol. The molecule has 0 saturated carbocycles. The summed E-state index contributed by atoms with van der Waals surface area (Å²) in [6, 6.07) is 4.61. The summed E-state index contributed by atoms with van der Waals surface area (Å²) >= 11 is 5.78. The molecule has 0 atom stereocenters. The van der Waals surface area contributed by atoms with Gasteiger partial charge in [-0.15, -0.1) is 0 Å². The van der Waals surface area contributed by atoms with E-state index in [9.17, 15) is 18.5 Å². The second-order valence-corrected chi connectivity index (χ2v) is 5.97. The number of rotatable bonds is 4. The van der Waals surface area contributed by atoms with Crippen LogP contribution in [0, 0.1) is 17.0 Å². The highest BCUT2D eigenvalue weighted by Crippen LogP contribution is 2.27. The summed E-state index contributed by atoms with van der Waals surface area (Å²) in [7, 11) is -3.96. The summed E-state index contributed by atoms with van der Waals surface area (Å²) in [6.45, 7) is 1.71. The maximum Gasteiger partial charge on any atom is 0.271 e. The third kappa shape index (κ3) is 2.89. The van der Waals surface area contributed by atoms with E-state index in [1.807, 2.05) is 0 Å². The number of benzene rings is 1. The average molecular weight is 317 g/mol. The number of nitro benzene ring substituents is 1. The molecule has 10 heteroatoms. The Labute approximate surface area is 119 Å². The van der Waals surface area contributed by atoms with E-state index in [4.69, 9.17) is 11.6 Å². The number of non-ortho nitro benzene ring substituents is 1. The Morgan fingerprint density at radius 3 is 2.60 bits per heavy atom. The number of hydrogen-bond donors (Lipinski definition) is 2. The van der Waals surface area contributed by atoms with Gasteiger partial charge in [-0.1, -0.05) is 11.6 Å². The molecule has 106 valence electrons. The Morgan fingerprint density at radius 2 is 2.10 bits per heavy atom. The zero-order valence-electron chi connectivity index (χ0n) is 10.1. The topological polar surface area (TPSA) is 118 Å². The van der Waals surface area contributed by atoms with E-state index < -0.39 is 14.9 Å². The molecule has 0 radical (unpaired) electrons. The van der Waals surface area contributed by atoms with Crippen molar-refractivity contribution in [3.8, 4) is 0 Å². The van der Waals surface area contributed by atoms with Crippen molar-refractivity contribution >= 4 is 33.1 Å². The van der Waals surface area contributed by atoms with Crippen LogP contribution in [0.15, 0.2) is 29.2 Å². The number of sulfonamides is 1. The molecule has 1 heterocycles. The van der Waals surface area contributed by atoms with Gasteiger partial charge in [-0.25, -0.2) is 8.42 Å². The molecular weight excluding hydrogens is 308 g/mol. The quantitative estimate of drug-likeness (QED) is 0.661. The lowest BCUT2D eigenvalue weighted by Crippen LogP contribution is -2.13. The SMILES string of the molecule is Cc1cc(NS(=O)(=O)c2ccc([N+](=O)[O-])cc2Cl)n[nH]1. The molecule has 0 unspecified atom stereocenters. The lowest BCUT2D eigenvalue weighted by Gasteiger charge is -2.06. The highest BCUT2D eigenvalue weighted by atomic mass is 35.5. The minimum absolute atomic E-state index is 0.108. The number of nitrogens with one attached hydrogen (secondary N) is 2. The molecule has 0 bridgehead atoms. The minimum Gasteiger partial charge on any atom is -0.281 e. The Bertz CT molecular complexity index is 771. The average Bonchev–Trinajstić information content (AvgIpc) is 2.73. The second kappa shape index (κ2) is 5.10. The fourth-order valence-electron chi connectivity index (χ4n) is 1.48. The van der Waals surface area contributed by atoms with Gasteiger partial charge in [-0.2, -0.15) is 5.10 Å². The molecule has 0 amide bonds. The van der Waals surface area contributed by atoms with E-state index in [0.717, 1.165) is 18.2 Å². The van der Waals surface area contributed by atoms with Gasteiger partial charge in [0.05, 0.1) is 9.95 Å². The van der Waals surface area contributed by atoms with E-state index in [1.54, 1.807) is 6.92 Å². The Balaban J connectivity index is 2.37. The number of aromatic nitrogens is 2. The van der Waals surface area contributed by atoms with Crippen LogP contribution in [0.2, 0.25) is 5.02 Å². The third-order valence-electron chi connectivity index (χ3n) is 2.36. The van der Waals surface area contributed by atoms with Crippen LogP contribution >= 0.6 is 11.6 Å². The summed E-state index contributed by atoms with van der Waals surface area (Å²) < 4.78 is 26.4. The van der Waals surface area contributed by atoms with Crippen LogP contribution in [0.4, 0.5) is 11.5 Å². The minimum atomic E-state index is -3.96. The van der Waals surface area contributed by atoms with Crippen LogP contribution in [0.25, 0.3) is 0 Å². The van der Waals surface area contributed by atoms with Crippen LogP contribution in [0.3, 0.4) is 0 Å². The highest BCUT2D eigenvalue weighted by molar-refractivity contribution is 7.92. The zero-order valence-corrected chi connectivity index (χ0v) is 11.7. The van der Waals surface area contributed by atoms with Crippen LogP contribution in [0.1, 0.15) is 5.69 Å². The molecule has 1 aromatic heterocycles. The van der Waals surface area contributed by atoms with Gasteiger partial charge in [0.2, 0.25) is 0 Å². The second-order valence-electron chi connectivity index (χ2n) is 3.91. The first-order chi connectivity index (χ1) is 9.29. The molecule has 1 aromatic carbocycles. The van der Waals surface area contributed by atoms with E-state index in [2.05, 4.69) is 14.9 Å². The van der Waals surface area contributed by atoms with Crippen molar-refractivity contribution in [3.05, 3.63) is 45.1 Å². The molecular formula is C10H9ClN4O4S. The van der Waals surface area contributed by atoms with E-state index in [0.29, 0.717) is 5.69 Å². The molecule has 0 aliphatic carbocycles. The fourth-order valence-corrected chi connectivity index (χ4v) is 3.02. The summed E-state index contributed by atoms with van der Waals surface area (Å²) in [5.41, 5.74) is 0.391. The van der Waals surface area contributed by atoms with Crippen molar-refractivity contribution in [1.29, 1.82) is 0 Å². The third-order valence-corrected chi connectivity index (χ3v) is 4.20. The maximum absolute atomic E-state index is 12.1. The Hall–Kier alpha value is -2.13. The molecule has 2 aromatic rings. The normalized spacial score (nSPS) is 11.3. The van der Waals surface area contributed by atoms with Crippen LogP contribution < -0.4 is 4.72 Å². The first-order valence-corrected chi connectivity index (χ1v) is 7.14. The summed E-state index contributed by atoms with van der Waals surface area (Å²) in [5, 5.41) is 16.7. The number of H-pyrrole nitrogens is 1. The Morgan fingerprint density at radius 1 is 1.40 bits per heavy atom. The van der Waals surface area contributed by atoms with Crippen molar-refractivity contribution in [2.45, 2.75) is 11.8 Å². The zero-order chi connectivity index (χ0) is 14.9. The van der Waals surface area contributed by atoms with E-state index in [1.165, 1.54) is 6.07 Å². The summed E-state index contributed by atoms with van der Waals surface area (Å²) in [6.07, 6.45) is 0. The molecule has 8 nitrogen and oxygen atoms in total. The van der Waals surface area contributed by atoms with Gasteiger partial charge < -0.3 is 0 Å². The molecule has 0 spiro atoms. The van der Waals surface area contributed by atoms with Crippen molar-refractivity contribution < 1.29 is 13.3 Å². The molecule has 20 heavy (non-hydrogen) atoms. The lowest BCUT2D eigenvalue weighted by molar-refractivity contribution is -0.384. The van der Waals surface area contributed by atoms with Gasteiger partial charge in [-0.05, 0) is 13.0 Å². The largest absolute Gasteiger partial charge is 0.281 e. The number of anilines is 1. The van der Waals surface area contributed by atoms with Gasteiger partial charge in [0.1, 0.15) is 4.90 Å². The van der Waals surface area contributed by atoms with Crippen molar-refractivity contribution in [2.24, 2.45) is 0 Å². The van der Waals surface area contributed by atoms with Crippen molar-refractivity contribution in [2.75, 3.05) is 4.72 Å².